The zero-order valence-electron chi connectivity index (χ0n) is 13.4. The summed E-state index contributed by atoms with van der Waals surface area (Å²) in [5.74, 6) is 0.354. The van der Waals surface area contributed by atoms with Crippen LogP contribution in [0.15, 0.2) is 55.4 Å². The van der Waals surface area contributed by atoms with Crippen molar-refractivity contribution in [2.75, 3.05) is 17.2 Å². The first-order valence-electron chi connectivity index (χ1n) is 7.75. The van der Waals surface area contributed by atoms with Crippen molar-refractivity contribution in [3.63, 3.8) is 0 Å². The Bertz CT molecular complexity index is 822. The molecule has 0 aliphatic carbocycles. The lowest BCUT2D eigenvalue weighted by molar-refractivity contribution is -0.383. The van der Waals surface area contributed by atoms with E-state index in [1.54, 1.807) is 12.5 Å². The summed E-state index contributed by atoms with van der Waals surface area (Å²) >= 11 is 0. The van der Waals surface area contributed by atoms with Crippen LogP contribution in [0.2, 0.25) is 0 Å². The number of aryl methyl sites for hydroxylation is 1. The zero-order valence-corrected chi connectivity index (χ0v) is 13.4. The minimum absolute atomic E-state index is 0.156. The number of hydrogen-bond acceptors (Lipinski definition) is 7. The number of aromatic nitrogens is 4. The van der Waals surface area contributed by atoms with Gasteiger partial charge in [0.1, 0.15) is 6.33 Å². The van der Waals surface area contributed by atoms with Crippen molar-refractivity contribution in [3.05, 3.63) is 65.5 Å². The summed E-state index contributed by atoms with van der Waals surface area (Å²) in [7, 11) is 0. The average Bonchev–Trinajstić information content (AvgIpc) is 3.13. The third-order valence-corrected chi connectivity index (χ3v) is 3.49. The molecule has 128 valence electrons. The van der Waals surface area contributed by atoms with Gasteiger partial charge in [-0.2, -0.15) is 0 Å². The van der Waals surface area contributed by atoms with Gasteiger partial charge in [-0.25, -0.2) is 15.0 Å². The van der Waals surface area contributed by atoms with Crippen molar-refractivity contribution in [1.29, 1.82) is 0 Å². The van der Waals surface area contributed by atoms with Crippen LogP contribution >= 0.6 is 0 Å². The fourth-order valence-electron chi connectivity index (χ4n) is 2.32. The highest BCUT2D eigenvalue weighted by molar-refractivity contribution is 5.73. The van der Waals surface area contributed by atoms with Gasteiger partial charge in [-0.05, 0) is 18.6 Å². The van der Waals surface area contributed by atoms with Crippen LogP contribution in [-0.2, 0) is 6.54 Å². The average molecular weight is 339 g/mol. The minimum atomic E-state index is -0.483. The Balaban J connectivity index is 1.70. The molecule has 0 aliphatic heterocycles. The maximum atomic E-state index is 11.5. The van der Waals surface area contributed by atoms with Gasteiger partial charge in [0.2, 0.25) is 11.6 Å². The van der Waals surface area contributed by atoms with E-state index in [4.69, 9.17) is 0 Å². The van der Waals surface area contributed by atoms with Crippen molar-refractivity contribution < 1.29 is 4.92 Å². The van der Waals surface area contributed by atoms with Gasteiger partial charge in [-0.3, -0.25) is 10.1 Å². The van der Waals surface area contributed by atoms with E-state index in [-0.39, 0.29) is 17.3 Å². The second-order valence-electron chi connectivity index (χ2n) is 5.25. The molecule has 0 amide bonds. The van der Waals surface area contributed by atoms with Crippen LogP contribution in [0.5, 0.6) is 0 Å². The van der Waals surface area contributed by atoms with Crippen LogP contribution in [0, 0.1) is 10.1 Å². The van der Waals surface area contributed by atoms with Gasteiger partial charge in [0, 0.05) is 31.2 Å². The molecule has 0 radical (unpaired) electrons. The minimum Gasteiger partial charge on any atom is -0.364 e. The number of nitrogens with one attached hydrogen (secondary N) is 2. The van der Waals surface area contributed by atoms with Crippen molar-refractivity contribution in [1.82, 2.24) is 19.5 Å². The van der Waals surface area contributed by atoms with Crippen LogP contribution in [0.3, 0.4) is 0 Å². The number of anilines is 3. The Morgan fingerprint density at radius 1 is 1.16 bits per heavy atom. The first kappa shape index (κ1) is 16.4. The number of imidazole rings is 1. The molecule has 0 bridgehead atoms. The highest BCUT2D eigenvalue weighted by Crippen LogP contribution is 2.30. The molecule has 9 heteroatoms. The van der Waals surface area contributed by atoms with Crippen LogP contribution in [0.4, 0.5) is 23.0 Å². The predicted octanol–water partition coefficient (Wildman–Crippen LogP) is 2.83. The summed E-state index contributed by atoms with van der Waals surface area (Å²) in [4.78, 5) is 23.0. The van der Waals surface area contributed by atoms with Crippen molar-refractivity contribution in [2.24, 2.45) is 0 Å². The van der Waals surface area contributed by atoms with E-state index in [0.29, 0.717) is 6.54 Å². The molecule has 0 saturated carbocycles. The Morgan fingerprint density at radius 3 is 2.68 bits per heavy atom. The third-order valence-electron chi connectivity index (χ3n) is 3.49. The van der Waals surface area contributed by atoms with E-state index < -0.39 is 4.92 Å². The van der Waals surface area contributed by atoms with Crippen LogP contribution in [-0.4, -0.2) is 31.0 Å². The number of benzene rings is 1. The second-order valence-corrected chi connectivity index (χ2v) is 5.25. The van der Waals surface area contributed by atoms with E-state index in [0.717, 1.165) is 18.7 Å². The molecule has 0 atom stereocenters. The quantitative estimate of drug-likeness (QED) is 0.369. The molecule has 0 aliphatic rings. The number of hydrogen-bond donors (Lipinski definition) is 2. The molecule has 0 spiro atoms. The molecule has 2 heterocycles. The fraction of sp³-hybridized carbons (Fsp3) is 0.188. The predicted molar refractivity (Wildman–Crippen MR) is 93.7 cm³/mol. The molecular weight excluding hydrogens is 322 g/mol. The number of nitro groups is 1. The number of para-hydroxylation sites is 1. The van der Waals surface area contributed by atoms with Gasteiger partial charge >= 0.3 is 5.69 Å². The SMILES string of the molecule is O=[N+]([O-])c1c(NCCCn2ccnc2)ncnc1Nc1ccccc1. The van der Waals surface area contributed by atoms with Gasteiger partial charge in [0.15, 0.2) is 0 Å². The summed E-state index contributed by atoms with van der Waals surface area (Å²) in [5.41, 5.74) is 0.546. The first-order chi connectivity index (χ1) is 12.2. The largest absolute Gasteiger partial charge is 0.364 e. The summed E-state index contributed by atoms with van der Waals surface area (Å²) in [6, 6.07) is 9.16. The molecule has 1 aromatic carbocycles. The molecule has 9 nitrogen and oxygen atoms in total. The van der Waals surface area contributed by atoms with Gasteiger partial charge in [0.25, 0.3) is 0 Å². The molecule has 3 rings (SSSR count). The monoisotopic (exact) mass is 339 g/mol. The summed E-state index contributed by atoms with van der Waals surface area (Å²) < 4.78 is 1.94. The number of rotatable bonds is 8. The van der Waals surface area contributed by atoms with E-state index in [1.807, 2.05) is 41.1 Å². The molecular formula is C16H17N7O2. The summed E-state index contributed by atoms with van der Waals surface area (Å²) in [6.07, 6.45) is 7.39. The summed E-state index contributed by atoms with van der Waals surface area (Å²) in [5, 5.41) is 17.5. The fourth-order valence-corrected chi connectivity index (χ4v) is 2.32. The standard InChI is InChI=1S/C16H17N7O2/c24-23(25)14-15(18-7-4-9-22-10-8-17-12-22)19-11-20-16(14)21-13-5-2-1-3-6-13/h1-3,5-6,8,10-12H,4,7,9H2,(H2,18,19,20,21). The lowest BCUT2D eigenvalue weighted by atomic mass is 10.3. The highest BCUT2D eigenvalue weighted by atomic mass is 16.6. The van der Waals surface area contributed by atoms with Crippen molar-refractivity contribution in [2.45, 2.75) is 13.0 Å². The molecule has 2 aromatic heterocycles. The Kier molecular flexibility index (Phi) is 5.15. The number of nitrogens with zero attached hydrogens (tertiary/aromatic N) is 5. The summed E-state index contributed by atoms with van der Waals surface area (Å²) in [6.45, 7) is 1.31. The molecule has 25 heavy (non-hydrogen) atoms. The van der Waals surface area contributed by atoms with Gasteiger partial charge in [-0.1, -0.05) is 18.2 Å². The zero-order chi connectivity index (χ0) is 17.5. The van der Waals surface area contributed by atoms with E-state index in [9.17, 15) is 10.1 Å². The Hall–Kier alpha value is -3.49. The maximum Gasteiger partial charge on any atom is 0.353 e. The second kappa shape index (κ2) is 7.86. The van der Waals surface area contributed by atoms with Crippen LogP contribution in [0.25, 0.3) is 0 Å². The van der Waals surface area contributed by atoms with Crippen molar-refractivity contribution in [3.8, 4) is 0 Å². The lowest BCUT2D eigenvalue weighted by Gasteiger charge is -2.10. The third kappa shape index (κ3) is 4.28. The van der Waals surface area contributed by atoms with Crippen molar-refractivity contribution >= 4 is 23.0 Å². The molecule has 0 saturated heterocycles. The first-order valence-corrected chi connectivity index (χ1v) is 7.75. The van der Waals surface area contributed by atoms with E-state index in [2.05, 4.69) is 25.6 Å². The Labute approximate surface area is 143 Å². The van der Waals surface area contributed by atoms with Crippen LogP contribution < -0.4 is 10.6 Å². The van der Waals surface area contributed by atoms with Crippen LogP contribution in [0.1, 0.15) is 6.42 Å². The van der Waals surface area contributed by atoms with E-state index in [1.165, 1.54) is 6.33 Å². The lowest BCUT2D eigenvalue weighted by Crippen LogP contribution is -2.10. The Morgan fingerprint density at radius 2 is 1.96 bits per heavy atom. The normalized spacial score (nSPS) is 10.4. The molecule has 0 unspecified atom stereocenters. The van der Waals surface area contributed by atoms with Gasteiger partial charge in [0.05, 0.1) is 11.3 Å². The molecule has 3 aromatic rings. The van der Waals surface area contributed by atoms with E-state index >= 15 is 0 Å². The molecule has 0 fully saturated rings. The highest BCUT2D eigenvalue weighted by Gasteiger charge is 2.22. The van der Waals surface area contributed by atoms with Gasteiger partial charge in [-0.15, -0.1) is 0 Å². The topological polar surface area (TPSA) is 111 Å². The molecule has 2 N–H and O–H groups in total. The van der Waals surface area contributed by atoms with Gasteiger partial charge < -0.3 is 15.2 Å². The smallest absolute Gasteiger partial charge is 0.353 e. The maximum absolute atomic E-state index is 11.5.